The largest absolute Gasteiger partial charge is 0.352 e. The van der Waals surface area contributed by atoms with Crippen LogP contribution in [-0.2, 0) is 6.54 Å². The number of halogens is 1. The van der Waals surface area contributed by atoms with E-state index in [-0.39, 0.29) is 22.9 Å². The average molecular weight is 391 g/mol. The molecule has 0 aliphatic carbocycles. The van der Waals surface area contributed by atoms with Gasteiger partial charge in [-0.05, 0) is 30.7 Å². The van der Waals surface area contributed by atoms with Crippen LogP contribution in [-0.4, -0.2) is 19.7 Å². The molecule has 2 N–H and O–H groups in total. The Morgan fingerprint density at radius 3 is 2.69 bits per heavy atom. The van der Waals surface area contributed by atoms with Crippen LogP contribution in [0.1, 0.15) is 24.2 Å². The summed E-state index contributed by atoms with van der Waals surface area (Å²) >= 11 is 0. The molecule has 2 aromatic heterocycles. The summed E-state index contributed by atoms with van der Waals surface area (Å²) < 4.78 is 14.3. The van der Waals surface area contributed by atoms with Crippen molar-refractivity contribution in [2.45, 2.75) is 19.5 Å². The molecule has 1 atom stereocenters. The number of H-pyrrole nitrogens is 1. The van der Waals surface area contributed by atoms with Crippen molar-refractivity contribution in [1.29, 1.82) is 0 Å². The van der Waals surface area contributed by atoms with Crippen LogP contribution in [0.2, 0.25) is 0 Å². The molecule has 0 saturated heterocycles. The number of benzene rings is 2. The molecular weight excluding hydrogens is 373 g/mol. The number of nitrogens with zero attached hydrogens (tertiary/aromatic N) is 3. The van der Waals surface area contributed by atoms with Gasteiger partial charge in [0.2, 0.25) is 5.95 Å². The van der Waals surface area contributed by atoms with Gasteiger partial charge in [-0.25, -0.2) is 14.1 Å². The van der Waals surface area contributed by atoms with Gasteiger partial charge >= 0.3 is 0 Å². The molecule has 2 heterocycles. The first-order chi connectivity index (χ1) is 14.0. The van der Waals surface area contributed by atoms with Gasteiger partial charge in [-0.2, -0.15) is 5.10 Å². The Bertz CT molecular complexity index is 1280. The maximum Gasteiger partial charge on any atom is 0.275 e. The van der Waals surface area contributed by atoms with Gasteiger partial charge in [0.25, 0.3) is 11.1 Å². The van der Waals surface area contributed by atoms with E-state index in [0.717, 1.165) is 10.9 Å². The third-order valence-electron chi connectivity index (χ3n) is 4.65. The van der Waals surface area contributed by atoms with Gasteiger partial charge in [-0.3, -0.25) is 14.6 Å². The SMILES string of the molecule is C[C@@H](c1cc(=O)[nH]c(NCc2ccc(F)cc2)n1)n1ncc2ccccc2c1=O. The molecule has 146 valence electrons. The smallest absolute Gasteiger partial charge is 0.275 e. The first-order valence-corrected chi connectivity index (χ1v) is 9.07. The molecule has 0 spiro atoms. The zero-order valence-corrected chi connectivity index (χ0v) is 15.6. The zero-order valence-electron chi connectivity index (χ0n) is 15.6. The average Bonchev–Trinajstić information content (AvgIpc) is 2.73. The second kappa shape index (κ2) is 7.67. The van der Waals surface area contributed by atoms with E-state index < -0.39 is 6.04 Å². The Morgan fingerprint density at radius 2 is 1.90 bits per heavy atom. The Hall–Kier alpha value is -3.81. The lowest BCUT2D eigenvalue weighted by Crippen LogP contribution is -2.28. The first kappa shape index (κ1) is 18.5. The van der Waals surface area contributed by atoms with E-state index in [0.29, 0.717) is 17.6 Å². The van der Waals surface area contributed by atoms with Crippen molar-refractivity contribution < 1.29 is 4.39 Å². The Labute approximate surface area is 164 Å². The summed E-state index contributed by atoms with van der Waals surface area (Å²) in [6, 6.07) is 14.0. The molecule has 0 aliphatic rings. The van der Waals surface area contributed by atoms with Crippen molar-refractivity contribution in [3.05, 3.63) is 98.6 Å². The summed E-state index contributed by atoms with van der Waals surface area (Å²) in [6.45, 7) is 2.12. The van der Waals surface area contributed by atoms with Gasteiger partial charge in [0.15, 0.2) is 0 Å². The van der Waals surface area contributed by atoms with Crippen LogP contribution in [0.3, 0.4) is 0 Å². The highest BCUT2D eigenvalue weighted by Crippen LogP contribution is 2.15. The van der Waals surface area contributed by atoms with Crippen LogP contribution in [0.15, 0.2) is 70.4 Å². The monoisotopic (exact) mass is 391 g/mol. The maximum absolute atomic E-state index is 13.0. The summed E-state index contributed by atoms with van der Waals surface area (Å²) in [5, 5.41) is 8.56. The van der Waals surface area contributed by atoms with E-state index in [9.17, 15) is 14.0 Å². The molecule has 4 aromatic rings. The number of fused-ring (bicyclic) bond motifs is 1. The van der Waals surface area contributed by atoms with E-state index >= 15 is 0 Å². The van der Waals surface area contributed by atoms with E-state index in [1.54, 1.807) is 37.4 Å². The Kier molecular flexibility index (Phi) is 4.90. The molecule has 0 bridgehead atoms. The molecular formula is C21H18FN5O2. The van der Waals surface area contributed by atoms with E-state index in [4.69, 9.17) is 0 Å². The highest BCUT2D eigenvalue weighted by atomic mass is 19.1. The Balaban J connectivity index is 1.63. The minimum Gasteiger partial charge on any atom is -0.352 e. The second-order valence-electron chi connectivity index (χ2n) is 6.66. The van der Waals surface area contributed by atoms with Crippen LogP contribution >= 0.6 is 0 Å². The van der Waals surface area contributed by atoms with Crippen molar-refractivity contribution in [3.8, 4) is 0 Å². The molecule has 29 heavy (non-hydrogen) atoms. The van der Waals surface area contributed by atoms with Crippen LogP contribution in [0.25, 0.3) is 10.8 Å². The summed E-state index contributed by atoms with van der Waals surface area (Å²) in [7, 11) is 0. The Morgan fingerprint density at radius 1 is 1.14 bits per heavy atom. The minimum atomic E-state index is -0.541. The zero-order chi connectivity index (χ0) is 20.4. The molecule has 7 nitrogen and oxygen atoms in total. The molecule has 2 aromatic carbocycles. The van der Waals surface area contributed by atoms with Crippen molar-refractivity contribution in [2.24, 2.45) is 0 Å². The lowest BCUT2D eigenvalue weighted by Gasteiger charge is -2.15. The molecule has 0 radical (unpaired) electrons. The third kappa shape index (κ3) is 3.91. The molecule has 4 rings (SSSR count). The topological polar surface area (TPSA) is 92.7 Å². The van der Waals surface area contributed by atoms with Crippen molar-refractivity contribution >= 4 is 16.7 Å². The van der Waals surface area contributed by atoms with Gasteiger partial charge < -0.3 is 5.32 Å². The number of aromatic amines is 1. The number of nitrogens with one attached hydrogen (secondary N) is 2. The fourth-order valence-electron chi connectivity index (χ4n) is 3.07. The van der Waals surface area contributed by atoms with Gasteiger partial charge in [0.1, 0.15) is 5.82 Å². The van der Waals surface area contributed by atoms with Crippen LogP contribution in [0.5, 0.6) is 0 Å². The fraction of sp³-hybridized carbons (Fsp3) is 0.143. The molecule has 0 amide bonds. The summed E-state index contributed by atoms with van der Waals surface area (Å²) in [4.78, 5) is 31.9. The first-order valence-electron chi connectivity index (χ1n) is 9.07. The van der Waals surface area contributed by atoms with Crippen molar-refractivity contribution in [3.63, 3.8) is 0 Å². The molecule has 8 heteroatoms. The van der Waals surface area contributed by atoms with E-state index in [1.807, 2.05) is 12.1 Å². The number of anilines is 1. The van der Waals surface area contributed by atoms with Gasteiger partial charge in [-0.1, -0.05) is 30.3 Å². The highest BCUT2D eigenvalue weighted by molar-refractivity contribution is 5.80. The predicted molar refractivity (Wildman–Crippen MR) is 108 cm³/mol. The van der Waals surface area contributed by atoms with E-state index in [2.05, 4.69) is 20.4 Å². The number of rotatable bonds is 5. The minimum absolute atomic E-state index is 0.251. The van der Waals surface area contributed by atoms with Gasteiger partial charge in [-0.15, -0.1) is 0 Å². The van der Waals surface area contributed by atoms with Crippen molar-refractivity contribution in [2.75, 3.05) is 5.32 Å². The molecule has 0 aliphatic heterocycles. The standard InChI is InChI=1S/C21H18FN5O2/c1-13(27-20(29)17-5-3-2-4-15(17)12-24-27)18-10-19(28)26-21(25-18)23-11-14-6-8-16(22)9-7-14/h2-10,12-13H,11H2,1H3,(H2,23,25,26,28)/t13-/m0/s1. The maximum atomic E-state index is 13.0. The highest BCUT2D eigenvalue weighted by Gasteiger charge is 2.15. The lowest BCUT2D eigenvalue weighted by molar-refractivity contribution is 0.524. The van der Waals surface area contributed by atoms with Gasteiger partial charge in [0.05, 0.1) is 23.3 Å². The number of hydrogen-bond acceptors (Lipinski definition) is 5. The van der Waals surface area contributed by atoms with Gasteiger partial charge in [0, 0.05) is 18.0 Å². The summed E-state index contributed by atoms with van der Waals surface area (Å²) in [6.07, 6.45) is 1.62. The second-order valence-corrected chi connectivity index (χ2v) is 6.66. The van der Waals surface area contributed by atoms with Crippen LogP contribution < -0.4 is 16.4 Å². The normalized spacial score (nSPS) is 12.1. The summed E-state index contributed by atoms with van der Waals surface area (Å²) in [5.41, 5.74) is 0.635. The quantitative estimate of drug-likeness (QED) is 0.546. The molecule has 0 fully saturated rings. The van der Waals surface area contributed by atoms with E-state index in [1.165, 1.54) is 22.9 Å². The summed E-state index contributed by atoms with van der Waals surface area (Å²) in [5.74, 6) is -0.0538. The van der Waals surface area contributed by atoms with Crippen molar-refractivity contribution in [1.82, 2.24) is 19.7 Å². The number of hydrogen-bond donors (Lipinski definition) is 2. The molecule has 0 saturated carbocycles. The third-order valence-corrected chi connectivity index (χ3v) is 4.65. The lowest BCUT2D eigenvalue weighted by atomic mass is 10.2. The molecule has 0 unspecified atom stereocenters. The fourth-order valence-corrected chi connectivity index (χ4v) is 3.07. The predicted octanol–water partition coefficient (Wildman–Crippen LogP) is 2.84. The van der Waals surface area contributed by atoms with Crippen LogP contribution in [0.4, 0.5) is 10.3 Å². The van der Waals surface area contributed by atoms with Crippen LogP contribution in [0, 0.1) is 5.82 Å². The number of aromatic nitrogens is 4.